The van der Waals surface area contributed by atoms with Gasteiger partial charge in [-0.15, -0.1) is 0 Å². The number of cyclic esters (lactones) is 1. The van der Waals surface area contributed by atoms with Crippen molar-refractivity contribution in [2.75, 3.05) is 14.1 Å². The zero-order valence-electron chi connectivity index (χ0n) is 10.9. The van der Waals surface area contributed by atoms with Crippen LogP contribution in [0.15, 0.2) is 41.2 Å². The molecule has 0 spiro atoms. The highest BCUT2D eigenvalue weighted by Gasteiger charge is 2.21. The molecule has 0 amide bonds. The van der Waals surface area contributed by atoms with E-state index in [2.05, 4.69) is 4.99 Å². The fourth-order valence-electron chi connectivity index (χ4n) is 1.56. The molecule has 0 saturated carbocycles. The molecule has 1 heterocycles. The van der Waals surface area contributed by atoms with Gasteiger partial charge < -0.3 is 9.64 Å². The number of hydrogen-bond donors (Lipinski definition) is 0. The van der Waals surface area contributed by atoms with Crippen molar-refractivity contribution in [2.45, 2.75) is 0 Å². The Kier molecular flexibility index (Phi) is 4.47. The first-order valence-electron chi connectivity index (χ1n) is 5.78. The van der Waals surface area contributed by atoms with Gasteiger partial charge in [0.15, 0.2) is 5.70 Å². The summed E-state index contributed by atoms with van der Waals surface area (Å²) in [5, 5.41) is 1.03. The van der Waals surface area contributed by atoms with E-state index < -0.39 is 5.97 Å². The summed E-state index contributed by atoms with van der Waals surface area (Å²) in [6.07, 6.45) is 4.81. The van der Waals surface area contributed by atoms with Crippen molar-refractivity contribution in [3.8, 4) is 0 Å². The lowest BCUT2D eigenvalue weighted by Gasteiger charge is -2.02. The van der Waals surface area contributed by atoms with Crippen LogP contribution in [0.5, 0.6) is 0 Å². The monoisotopic (exact) mass is 310 g/mol. The maximum absolute atomic E-state index is 11.5. The molecular formula is C14H12Cl2N2O2. The summed E-state index contributed by atoms with van der Waals surface area (Å²) in [7, 11) is 3.60. The molecule has 104 valence electrons. The summed E-state index contributed by atoms with van der Waals surface area (Å²) in [5.41, 5.74) is 0.902. The van der Waals surface area contributed by atoms with E-state index in [1.165, 1.54) is 0 Å². The molecule has 20 heavy (non-hydrogen) atoms. The second-order valence-electron chi connectivity index (χ2n) is 4.29. The zero-order chi connectivity index (χ0) is 14.7. The predicted octanol–water partition coefficient (Wildman–Crippen LogP) is 3.36. The average Bonchev–Trinajstić information content (AvgIpc) is 2.68. The van der Waals surface area contributed by atoms with Gasteiger partial charge in [-0.25, -0.2) is 9.79 Å². The maximum Gasteiger partial charge on any atom is 0.365 e. The number of hydrogen-bond acceptors (Lipinski definition) is 4. The number of benzene rings is 1. The Balaban J connectivity index is 2.23. The Hall–Kier alpha value is -1.78. The summed E-state index contributed by atoms with van der Waals surface area (Å²) >= 11 is 12.1. The van der Waals surface area contributed by atoms with E-state index in [-0.39, 0.29) is 11.6 Å². The van der Waals surface area contributed by atoms with E-state index in [4.69, 9.17) is 27.9 Å². The summed E-state index contributed by atoms with van der Waals surface area (Å²) in [6.45, 7) is 0. The molecular weight excluding hydrogens is 299 g/mol. The average molecular weight is 311 g/mol. The third-order valence-electron chi connectivity index (χ3n) is 2.41. The van der Waals surface area contributed by atoms with Crippen molar-refractivity contribution in [1.82, 2.24) is 4.90 Å². The van der Waals surface area contributed by atoms with Crippen molar-refractivity contribution < 1.29 is 9.53 Å². The fourth-order valence-corrected chi connectivity index (χ4v) is 2.08. The molecule has 1 aliphatic heterocycles. The van der Waals surface area contributed by atoms with Gasteiger partial charge in [-0.3, -0.25) is 0 Å². The minimum Gasteiger partial charge on any atom is -0.403 e. The van der Waals surface area contributed by atoms with Crippen LogP contribution in [-0.2, 0) is 9.53 Å². The number of aliphatic imine (C=N–C) groups is 1. The van der Waals surface area contributed by atoms with Gasteiger partial charge in [0.1, 0.15) is 0 Å². The van der Waals surface area contributed by atoms with Gasteiger partial charge in [-0.2, -0.15) is 0 Å². The number of nitrogens with zero attached hydrogens (tertiary/aromatic N) is 2. The molecule has 0 aromatic heterocycles. The van der Waals surface area contributed by atoms with Gasteiger partial charge in [0.2, 0.25) is 5.90 Å². The number of ether oxygens (including phenoxy) is 1. The first kappa shape index (κ1) is 14.6. The van der Waals surface area contributed by atoms with Gasteiger partial charge in [0, 0.05) is 42.0 Å². The van der Waals surface area contributed by atoms with Gasteiger partial charge in [0.05, 0.1) is 0 Å². The molecule has 0 saturated heterocycles. The number of halogens is 2. The summed E-state index contributed by atoms with van der Waals surface area (Å²) in [6, 6.07) is 5.22. The smallest absolute Gasteiger partial charge is 0.365 e. The molecule has 1 aliphatic rings. The molecule has 0 unspecified atom stereocenters. The van der Waals surface area contributed by atoms with Crippen LogP contribution in [0.4, 0.5) is 0 Å². The predicted molar refractivity (Wildman–Crippen MR) is 80.8 cm³/mol. The second kappa shape index (κ2) is 6.11. The first-order chi connectivity index (χ1) is 9.47. The first-order valence-corrected chi connectivity index (χ1v) is 6.54. The van der Waals surface area contributed by atoms with Crippen LogP contribution in [0.2, 0.25) is 10.0 Å². The minimum absolute atomic E-state index is 0.207. The van der Waals surface area contributed by atoms with E-state index in [0.717, 1.165) is 0 Å². The summed E-state index contributed by atoms with van der Waals surface area (Å²) < 4.78 is 5.02. The summed E-state index contributed by atoms with van der Waals surface area (Å²) in [5.74, 6) is -0.275. The Labute approximate surface area is 127 Å². The van der Waals surface area contributed by atoms with E-state index >= 15 is 0 Å². The molecule has 0 aliphatic carbocycles. The third kappa shape index (κ3) is 3.40. The van der Waals surface area contributed by atoms with Crippen molar-refractivity contribution >= 4 is 41.1 Å². The number of carbonyl (C=O) groups is 1. The fraction of sp³-hybridized carbons (Fsp3) is 0.143. The minimum atomic E-state index is -0.483. The van der Waals surface area contributed by atoms with Crippen molar-refractivity contribution in [1.29, 1.82) is 0 Å². The van der Waals surface area contributed by atoms with Crippen molar-refractivity contribution in [3.63, 3.8) is 0 Å². The maximum atomic E-state index is 11.5. The lowest BCUT2D eigenvalue weighted by atomic mass is 10.2. The van der Waals surface area contributed by atoms with E-state index in [1.54, 1.807) is 55.5 Å². The van der Waals surface area contributed by atoms with Gasteiger partial charge in [0.25, 0.3) is 0 Å². The molecule has 0 N–H and O–H groups in total. The van der Waals surface area contributed by atoms with Crippen molar-refractivity contribution in [2.24, 2.45) is 4.99 Å². The van der Waals surface area contributed by atoms with Crippen LogP contribution in [0.3, 0.4) is 0 Å². The van der Waals surface area contributed by atoms with Crippen LogP contribution >= 0.6 is 23.2 Å². The van der Waals surface area contributed by atoms with Gasteiger partial charge in [-0.05, 0) is 18.2 Å². The lowest BCUT2D eigenvalue weighted by molar-refractivity contribution is -0.130. The zero-order valence-corrected chi connectivity index (χ0v) is 12.4. The van der Waals surface area contributed by atoms with E-state index in [9.17, 15) is 4.79 Å². The SMILES string of the molecule is CN(C)/C=C1N=C(/C=C/c2c(Cl)cccc2Cl)OC\1=O. The molecule has 2 rings (SSSR count). The van der Waals surface area contributed by atoms with Crippen LogP contribution < -0.4 is 0 Å². The molecule has 1 aromatic carbocycles. The number of esters is 1. The molecule has 4 nitrogen and oxygen atoms in total. The molecule has 1 aromatic rings. The largest absolute Gasteiger partial charge is 0.403 e. The Morgan fingerprint density at radius 1 is 1.20 bits per heavy atom. The van der Waals surface area contributed by atoms with Crippen LogP contribution in [0.1, 0.15) is 5.56 Å². The number of carbonyl (C=O) groups excluding carboxylic acids is 1. The Bertz CT molecular complexity index is 614. The van der Waals surface area contributed by atoms with Crippen LogP contribution in [0.25, 0.3) is 6.08 Å². The standard InChI is InChI=1S/C14H12Cl2N2O2/c1-18(2)8-12-14(19)20-13(17-12)7-6-9-10(15)4-3-5-11(9)16/h3-8H,1-2H3/b7-6+,12-8-. The normalized spacial score (nSPS) is 16.7. The lowest BCUT2D eigenvalue weighted by Crippen LogP contribution is -2.06. The Morgan fingerprint density at radius 2 is 1.85 bits per heavy atom. The molecule has 6 heteroatoms. The highest BCUT2D eigenvalue weighted by atomic mass is 35.5. The quantitative estimate of drug-likeness (QED) is 0.635. The van der Waals surface area contributed by atoms with Crippen LogP contribution in [-0.4, -0.2) is 30.9 Å². The molecule has 0 radical (unpaired) electrons. The third-order valence-corrected chi connectivity index (χ3v) is 3.07. The van der Waals surface area contributed by atoms with E-state index in [0.29, 0.717) is 15.6 Å². The second-order valence-corrected chi connectivity index (χ2v) is 5.10. The Morgan fingerprint density at radius 3 is 2.45 bits per heavy atom. The van der Waals surface area contributed by atoms with Crippen LogP contribution in [0, 0.1) is 0 Å². The topological polar surface area (TPSA) is 41.9 Å². The summed E-state index contributed by atoms with van der Waals surface area (Å²) in [4.78, 5) is 17.3. The number of rotatable bonds is 3. The molecule has 0 atom stereocenters. The molecule has 0 bridgehead atoms. The van der Waals surface area contributed by atoms with Gasteiger partial charge in [-0.1, -0.05) is 29.3 Å². The van der Waals surface area contributed by atoms with Crippen molar-refractivity contribution in [3.05, 3.63) is 51.8 Å². The molecule has 0 fully saturated rings. The highest BCUT2D eigenvalue weighted by Crippen LogP contribution is 2.25. The van der Waals surface area contributed by atoms with E-state index in [1.807, 2.05) is 0 Å². The van der Waals surface area contributed by atoms with Gasteiger partial charge >= 0.3 is 5.97 Å². The highest BCUT2D eigenvalue weighted by molar-refractivity contribution is 6.37.